The summed E-state index contributed by atoms with van der Waals surface area (Å²) in [5, 5.41) is 11.3. The van der Waals surface area contributed by atoms with Crippen molar-refractivity contribution >= 4 is 16.6 Å². The van der Waals surface area contributed by atoms with E-state index >= 15 is 0 Å². The van der Waals surface area contributed by atoms with E-state index in [1.807, 2.05) is 6.92 Å². The molecule has 0 fully saturated rings. The number of rotatable bonds is 1. The number of hydrogen-bond donors (Lipinski definition) is 0. The van der Waals surface area contributed by atoms with Crippen LogP contribution in [0.4, 0.5) is 5.69 Å². The van der Waals surface area contributed by atoms with Crippen LogP contribution in [0.25, 0.3) is 10.9 Å². The van der Waals surface area contributed by atoms with E-state index < -0.39 is 4.92 Å². The monoisotopic (exact) mass is 189 g/mol. The minimum Gasteiger partial charge on any atom is -0.258 e. The van der Waals surface area contributed by atoms with Gasteiger partial charge in [-0.15, -0.1) is 0 Å². The van der Waals surface area contributed by atoms with Crippen molar-refractivity contribution in [1.29, 1.82) is 0 Å². The first-order chi connectivity index (χ1) is 6.68. The van der Waals surface area contributed by atoms with E-state index in [1.165, 1.54) is 18.5 Å². The van der Waals surface area contributed by atoms with Gasteiger partial charge in [0.05, 0.1) is 10.4 Å². The smallest absolute Gasteiger partial charge is 0.258 e. The molecule has 70 valence electrons. The number of benzene rings is 1. The second-order valence-electron chi connectivity index (χ2n) is 2.92. The van der Waals surface area contributed by atoms with Crippen molar-refractivity contribution in [2.45, 2.75) is 6.92 Å². The van der Waals surface area contributed by atoms with E-state index in [0.717, 1.165) is 11.1 Å². The Hall–Kier alpha value is -2.04. The Kier molecular flexibility index (Phi) is 1.85. The normalized spacial score (nSPS) is 10.4. The Balaban J connectivity index is 2.73. The standard InChI is InChI=1S/C9H7N3O2/c1-6-8-3-2-7(12(13)14)4-9(8)11-5-10-6/h2-5H,1H3. The Morgan fingerprint density at radius 3 is 2.86 bits per heavy atom. The summed E-state index contributed by atoms with van der Waals surface area (Å²) >= 11 is 0. The summed E-state index contributed by atoms with van der Waals surface area (Å²) in [6, 6.07) is 4.57. The van der Waals surface area contributed by atoms with Crippen molar-refractivity contribution < 1.29 is 4.92 Å². The summed E-state index contributed by atoms with van der Waals surface area (Å²) in [5.74, 6) is 0. The van der Waals surface area contributed by atoms with Gasteiger partial charge in [-0.3, -0.25) is 10.1 Å². The molecule has 1 heterocycles. The van der Waals surface area contributed by atoms with E-state index in [9.17, 15) is 10.1 Å². The van der Waals surface area contributed by atoms with Gasteiger partial charge in [0.15, 0.2) is 0 Å². The maximum absolute atomic E-state index is 10.5. The van der Waals surface area contributed by atoms with Crippen LogP contribution >= 0.6 is 0 Å². The lowest BCUT2D eigenvalue weighted by molar-refractivity contribution is -0.384. The van der Waals surface area contributed by atoms with Crippen LogP contribution in [0.15, 0.2) is 24.5 Å². The number of aromatic nitrogens is 2. The highest BCUT2D eigenvalue weighted by molar-refractivity contribution is 5.82. The third-order valence-electron chi connectivity index (χ3n) is 2.03. The molecule has 0 bridgehead atoms. The molecule has 1 aromatic carbocycles. The molecule has 0 radical (unpaired) electrons. The predicted octanol–water partition coefficient (Wildman–Crippen LogP) is 1.85. The SMILES string of the molecule is Cc1ncnc2cc([N+](=O)[O-])ccc12. The van der Waals surface area contributed by atoms with Crippen LogP contribution in [-0.4, -0.2) is 14.9 Å². The average Bonchev–Trinajstić information content (AvgIpc) is 2.17. The number of fused-ring (bicyclic) bond motifs is 1. The van der Waals surface area contributed by atoms with Gasteiger partial charge in [0.25, 0.3) is 5.69 Å². The van der Waals surface area contributed by atoms with Gasteiger partial charge < -0.3 is 0 Å². The predicted molar refractivity (Wildman–Crippen MR) is 50.9 cm³/mol. The third kappa shape index (κ3) is 1.28. The molecule has 2 rings (SSSR count). The molecular weight excluding hydrogens is 182 g/mol. The molecule has 0 aliphatic rings. The van der Waals surface area contributed by atoms with Gasteiger partial charge in [0, 0.05) is 23.2 Å². The van der Waals surface area contributed by atoms with Gasteiger partial charge in [-0.05, 0) is 13.0 Å². The molecular formula is C9H7N3O2. The number of non-ortho nitro benzene ring substituents is 1. The van der Waals surface area contributed by atoms with Crippen molar-refractivity contribution in [1.82, 2.24) is 9.97 Å². The maximum Gasteiger partial charge on any atom is 0.271 e. The first-order valence-electron chi connectivity index (χ1n) is 4.04. The highest BCUT2D eigenvalue weighted by atomic mass is 16.6. The zero-order valence-electron chi connectivity index (χ0n) is 7.47. The minimum absolute atomic E-state index is 0.0515. The highest BCUT2D eigenvalue weighted by Gasteiger charge is 2.07. The van der Waals surface area contributed by atoms with Crippen molar-refractivity contribution in [3.8, 4) is 0 Å². The fourth-order valence-electron chi connectivity index (χ4n) is 1.29. The van der Waals surface area contributed by atoms with Gasteiger partial charge in [-0.25, -0.2) is 9.97 Å². The number of nitro benzene ring substituents is 1. The molecule has 1 aromatic heterocycles. The summed E-state index contributed by atoms with van der Waals surface area (Å²) in [4.78, 5) is 18.0. The number of nitro groups is 1. The molecule has 0 spiro atoms. The van der Waals surface area contributed by atoms with Crippen LogP contribution < -0.4 is 0 Å². The summed E-state index contributed by atoms with van der Waals surface area (Å²) < 4.78 is 0. The summed E-state index contributed by atoms with van der Waals surface area (Å²) in [5.41, 5.74) is 1.48. The van der Waals surface area contributed by atoms with E-state index in [0.29, 0.717) is 5.52 Å². The first-order valence-corrected chi connectivity index (χ1v) is 4.04. The highest BCUT2D eigenvalue weighted by Crippen LogP contribution is 2.19. The van der Waals surface area contributed by atoms with Crippen LogP contribution in [0.1, 0.15) is 5.69 Å². The summed E-state index contributed by atoms with van der Waals surface area (Å²) in [7, 11) is 0. The Morgan fingerprint density at radius 1 is 1.36 bits per heavy atom. The molecule has 0 saturated heterocycles. The zero-order chi connectivity index (χ0) is 10.1. The molecule has 2 aromatic rings. The average molecular weight is 189 g/mol. The Morgan fingerprint density at radius 2 is 2.14 bits per heavy atom. The van der Waals surface area contributed by atoms with Gasteiger partial charge >= 0.3 is 0 Å². The van der Waals surface area contributed by atoms with Crippen LogP contribution in [-0.2, 0) is 0 Å². The fourth-order valence-corrected chi connectivity index (χ4v) is 1.29. The third-order valence-corrected chi connectivity index (χ3v) is 2.03. The van der Waals surface area contributed by atoms with Gasteiger partial charge in [0.1, 0.15) is 6.33 Å². The second kappa shape index (κ2) is 3.02. The topological polar surface area (TPSA) is 68.9 Å². The van der Waals surface area contributed by atoms with Crippen molar-refractivity contribution in [3.05, 3.63) is 40.3 Å². The summed E-state index contributed by atoms with van der Waals surface area (Å²) in [6.07, 6.45) is 1.40. The van der Waals surface area contributed by atoms with E-state index in [-0.39, 0.29) is 5.69 Å². The van der Waals surface area contributed by atoms with Crippen molar-refractivity contribution in [3.63, 3.8) is 0 Å². The lowest BCUT2D eigenvalue weighted by Crippen LogP contribution is -1.91. The molecule has 0 aliphatic carbocycles. The molecule has 0 N–H and O–H groups in total. The lowest BCUT2D eigenvalue weighted by Gasteiger charge is -1.98. The van der Waals surface area contributed by atoms with Gasteiger partial charge in [-0.2, -0.15) is 0 Å². The molecule has 0 aliphatic heterocycles. The quantitative estimate of drug-likeness (QED) is 0.507. The van der Waals surface area contributed by atoms with Gasteiger partial charge in [0.2, 0.25) is 0 Å². The van der Waals surface area contributed by atoms with E-state index in [1.54, 1.807) is 6.07 Å². The van der Waals surface area contributed by atoms with Crippen LogP contribution in [0, 0.1) is 17.0 Å². The largest absolute Gasteiger partial charge is 0.271 e. The number of hydrogen-bond acceptors (Lipinski definition) is 4. The molecule has 5 heteroatoms. The van der Waals surface area contributed by atoms with Gasteiger partial charge in [-0.1, -0.05) is 0 Å². The Labute approximate surface area is 79.6 Å². The molecule has 0 saturated carbocycles. The van der Waals surface area contributed by atoms with Crippen LogP contribution in [0.3, 0.4) is 0 Å². The van der Waals surface area contributed by atoms with Crippen LogP contribution in [0.5, 0.6) is 0 Å². The van der Waals surface area contributed by atoms with Crippen molar-refractivity contribution in [2.24, 2.45) is 0 Å². The second-order valence-corrected chi connectivity index (χ2v) is 2.92. The molecule has 0 amide bonds. The van der Waals surface area contributed by atoms with E-state index in [2.05, 4.69) is 9.97 Å². The first kappa shape index (κ1) is 8.55. The molecule has 0 atom stereocenters. The molecule has 0 unspecified atom stereocenters. The Bertz CT molecular complexity index is 510. The summed E-state index contributed by atoms with van der Waals surface area (Å²) in [6.45, 7) is 1.84. The van der Waals surface area contributed by atoms with E-state index in [4.69, 9.17) is 0 Å². The minimum atomic E-state index is -0.434. The zero-order valence-corrected chi connectivity index (χ0v) is 7.47. The lowest BCUT2D eigenvalue weighted by atomic mass is 10.2. The van der Waals surface area contributed by atoms with Crippen LogP contribution in [0.2, 0.25) is 0 Å². The molecule has 14 heavy (non-hydrogen) atoms. The van der Waals surface area contributed by atoms with Crippen molar-refractivity contribution in [2.75, 3.05) is 0 Å². The number of aryl methyl sites for hydroxylation is 1. The maximum atomic E-state index is 10.5. The number of nitrogens with zero attached hydrogens (tertiary/aromatic N) is 3. The molecule has 5 nitrogen and oxygen atoms in total. The fraction of sp³-hybridized carbons (Fsp3) is 0.111.